The Morgan fingerprint density at radius 3 is 1.29 bits per heavy atom. The number of halogens is 4. The average molecular weight is 754 g/mol. The smallest absolute Gasteiger partial charge is 0.262 e. The number of hydrogen-bond donors (Lipinski definition) is 2. The second-order valence-corrected chi connectivity index (χ2v) is 13.5. The standard InChI is InChI=1S/C41H28Cl4N2O4/c42-27-13-19-37(35(44)21-27)50-23-39(48)46-29-15-9-25(10-16-29)41(33-7-3-1-5-31(33)32-6-2-4-8-34(32)41)26-11-17-30(18-12-26)47-40(49)24-51-38-20-14-28(43)22-36(38)45/h1-22H,23-24H2,(H,46,48)(H,47,49). The number of carbonyl (C=O) groups is 2. The number of rotatable bonds is 10. The minimum absolute atomic E-state index is 0.225. The van der Waals surface area contributed by atoms with E-state index in [2.05, 4.69) is 34.9 Å². The Balaban J connectivity index is 1.15. The highest BCUT2D eigenvalue weighted by Gasteiger charge is 2.45. The maximum Gasteiger partial charge on any atom is 0.262 e. The summed E-state index contributed by atoms with van der Waals surface area (Å²) in [6.07, 6.45) is 0. The molecule has 2 amide bonds. The number of anilines is 2. The summed E-state index contributed by atoms with van der Waals surface area (Å²) < 4.78 is 11.2. The van der Waals surface area contributed by atoms with Crippen LogP contribution >= 0.6 is 46.4 Å². The van der Waals surface area contributed by atoms with E-state index in [1.54, 1.807) is 36.4 Å². The third-order valence-electron chi connectivity index (χ3n) is 8.66. The zero-order valence-electron chi connectivity index (χ0n) is 26.8. The van der Waals surface area contributed by atoms with Gasteiger partial charge in [-0.1, -0.05) is 119 Å². The summed E-state index contributed by atoms with van der Waals surface area (Å²) in [4.78, 5) is 25.6. The molecule has 6 nitrogen and oxygen atoms in total. The first kappa shape index (κ1) is 34.5. The normalized spacial score (nSPS) is 12.4. The highest BCUT2D eigenvalue weighted by molar-refractivity contribution is 6.36. The Kier molecular flexibility index (Phi) is 9.94. The van der Waals surface area contributed by atoms with Gasteiger partial charge < -0.3 is 20.1 Å². The van der Waals surface area contributed by atoms with Crippen molar-refractivity contribution < 1.29 is 19.1 Å². The van der Waals surface area contributed by atoms with Gasteiger partial charge in [-0.05, 0) is 94.0 Å². The number of fused-ring (bicyclic) bond motifs is 3. The van der Waals surface area contributed by atoms with Crippen molar-refractivity contribution >= 4 is 69.6 Å². The molecule has 1 aliphatic carbocycles. The van der Waals surface area contributed by atoms with Gasteiger partial charge in [0.1, 0.15) is 11.5 Å². The van der Waals surface area contributed by atoms with Gasteiger partial charge >= 0.3 is 0 Å². The molecule has 0 saturated carbocycles. The molecule has 254 valence electrons. The molecule has 0 spiro atoms. The summed E-state index contributed by atoms with van der Waals surface area (Å²) in [5.74, 6) is 0.0707. The summed E-state index contributed by atoms with van der Waals surface area (Å²) in [6.45, 7) is -0.449. The zero-order chi connectivity index (χ0) is 35.5. The summed E-state index contributed by atoms with van der Waals surface area (Å²) >= 11 is 24.3. The van der Waals surface area contributed by atoms with Gasteiger partial charge in [-0.3, -0.25) is 9.59 Å². The first-order chi connectivity index (χ1) is 24.7. The fourth-order valence-electron chi connectivity index (χ4n) is 6.50. The van der Waals surface area contributed by atoms with E-state index in [1.165, 1.54) is 0 Å². The van der Waals surface area contributed by atoms with Crippen molar-refractivity contribution in [3.8, 4) is 22.6 Å². The van der Waals surface area contributed by atoms with E-state index < -0.39 is 5.41 Å². The molecule has 10 heteroatoms. The third kappa shape index (κ3) is 7.01. The van der Waals surface area contributed by atoms with Crippen LogP contribution in [0.2, 0.25) is 20.1 Å². The van der Waals surface area contributed by atoms with Crippen molar-refractivity contribution in [2.75, 3.05) is 23.8 Å². The predicted molar refractivity (Wildman–Crippen MR) is 205 cm³/mol. The monoisotopic (exact) mass is 752 g/mol. The lowest BCUT2D eigenvalue weighted by Crippen LogP contribution is -2.28. The summed E-state index contributed by atoms with van der Waals surface area (Å²) in [7, 11) is 0. The van der Waals surface area contributed by atoms with Crippen LogP contribution in [0.3, 0.4) is 0 Å². The van der Waals surface area contributed by atoms with Crippen LogP contribution in [-0.2, 0) is 15.0 Å². The van der Waals surface area contributed by atoms with Crippen molar-refractivity contribution in [3.05, 3.63) is 176 Å². The fraction of sp³-hybridized carbons (Fsp3) is 0.0732. The Labute approximate surface area is 314 Å². The lowest BCUT2D eigenvalue weighted by molar-refractivity contribution is -0.118. The van der Waals surface area contributed by atoms with Gasteiger partial charge in [0.2, 0.25) is 0 Å². The van der Waals surface area contributed by atoms with Gasteiger partial charge in [-0.25, -0.2) is 0 Å². The van der Waals surface area contributed by atoms with Crippen LogP contribution in [0, 0.1) is 0 Å². The van der Waals surface area contributed by atoms with Crippen LogP contribution in [0.15, 0.2) is 133 Å². The van der Waals surface area contributed by atoms with Gasteiger partial charge in [-0.15, -0.1) is 0 Å². The first-order valence-corrected chi connectivity index (χ1v) is 17.4. The Morgan fingerprint density at radius 1 is 0.510 bits per heavy atom. The van der Waals surface area contributed by atoms with E-state index >= 15 is 0 Å². The molecule has 0 radical (unpaired) electrons. The molecule has 0 unspecified atom stereocenters. The molecule has 0 saturated heterocycles. The highest BCUT2D eigenvalue weighted by Crippen LogP contribution is 2.56. The van der Waals surface area contributed by atoms with Crippen LogP contribution in [0.5, 0.6) is 11.5 Å². The molecule has 0 heterocycles. The van der Waals surface area contributed by atoms with Gasteiger partial charge in [-0.2, -0.15) is 0 Å². The lowest BCUT2D eigenvalue weighted by Gasteiger charge is -2.34. The van der Waals surface area contributed by atoms with E-state index in [4.69, 9.17) is 55.9 Å². The van der Waals surface area contributed by atoms with Crippen molar-refractivity contribution in [1.29, 1.82) is 0 Å². The van der Waals surface area contributed by atoms with Crippen LogP contribution in [-0.4, -0.2) is 25.0 Å². The highest BCUT2D eigenvalue weighted by atomic mass is 35.5. The van der Waals surface area contributed by atoms with Gasteiger partial charge in [0.15, 0.2) is 13.2 Å². The number of nitrogens with one attached hydrogen (secondary N) is 2. The zero-order valence-corrected chi connectivity index (χ0v) is 29.8. The Morgan fingerprint density at radius 2 is 0.902 bits per heavy atom. The first-order valence-electron chi connectivity index (χ1n) is 15.9. The molecular formula is C41H28Cl4N2O4. The van der Waals surface area contributed by atoms with E-state index in [-0.39, 0.29) is 25.0 Å². The molecule has 2 N–H and O–H groups in total. The third-order valence-corrected chi connectivity index (χ3v) is 9.72. The van der Waals surface area contributed by atoms with Crippen molar-refractivity contribution in [1.82, 2.24) is 0 Å². The number of amides is 2. The maximum atomic E-state index is 12.8. The van der Waals surface area contributed by atoms with Crippen LogP contribution in [0.25, 0.3) is 11.1 Å². The van der Waals surface area contributed by atoms with Crippen molar-refractivity contribution in [3.63, 3.8) is 0 Å². The maximum absolute atomic E-state index is 12.8. The van der Waals surface area contributed by atoms with Crippen LogP contribution < -0.4 is 20.1 Å². The average Bonchev–Trinajstić information content (AvgIpc) is 3.43. The molecular weight excluding hydrogens is 726 g/mol. The molecule has 0 atom stereocenters. The summed E-state index contributed by atoms with van der Waals surface area (Å²) in [5, 5.41) is 7.42. The molecule has 51 heavy (non-hydrogen) atoms. The molecule has 6 aromatic carbocycles. The minimum atomic E-state index is -0.679. The molecule has 0 aliphatic heterocycles. The van der Waals surface area contributed by atoms with Gasteiger partial charge in [0.25, 0.3) is 11.8 Å². The van der Waals surface area contributed by atoms with Crippen molar-refractivity contribution in [2.45, 2.75) is 5.41 Å². The van der Waals surface area contributed by atoms with E-state index in [1.807, 2.05) is 72.8 Å². The minimum Gasteiger partial charge on any atom is -0.482 e. The lowest BCUT2D eigenvalue weighted by atomic mass is 9.67. The second kappa shape index (κ2) is 14.7. The van der Waals surface area contributed by atoms with Crippen molar-refractivity contribution in [2.24, 2.45) is 0 Å². The molecule has 1 aliphatic rings. The molecule has 0 fully saturated rings. The van der Waals surface area contributed by atoms with E-state index in [0.29, 0.717) is 43.0 Å². The van der Waals surface area contributed by atoms with E-state index in [0.717, 1.165) is 33.4 Å². The number of carbonyl (C=O) groups excluding carboxylic acids is 2. The Bertz CT molecular complexity index is 2100. The number of ether oxygens (including phenoxy) is 2. The molecule has 0 aromatic heterocycles. The SMILES string of the molecule is O=C(COc1ccc(Cl)cc1Cl)Nc1ccc(C2(c3ccc(NC(=O)COc4ccc(Cl)cc4Cl)cc3)c3ccccc3-c3ccccc32)cc1. The second-order valence-electron chi connectivity index (χ2n) is 11.8. The number of hydrogen-bond acceptors (Lipinski definition) is 4. The van der Waals surface area contributed by atoms with Crippen LogP contribution in [0.1, 0.15) is 22.3 Å². The largest absolute Gasteiger partial charge is 0.482 e. The molecule has 6 aromatic rings. The van der Waals surface area contributed by atoms with E-state index in [9.17, 15) is 9.59 Å². The topological polar surface area (TPSA) is 76.7 Å². The summed E-state index contributed by atoms with van der Waals surface area (Å²) in [6, 6.07) is 42.1. The fourth-order valence-corrected chi connectivity index (χ4v) is 7.42. The van der Waals surface area contributed by atoms with Gasteiger partial charge in [0.05, 0.1) is 15.5 Å². The molecule has 0 bridgehead atoms. The predicted octanol–water partition coefficient (Wildman–Crippen LogP) is 10.7. The number of benzene rings is 6. The van der Waals surface area contributed by atoms with Crippen LogP contribution in [0.4, 0.5) is 11.4 Å². The molecule has 7 rings (SSSR count). The van der Waals surface area contributed by atoms with Gasteiger partial charge in [0, 0.05) is 21.4 Å². The quantitative estimate of drug-likeness (QED) is 0.146. The summed E-state index contributed by atoms with van der Waals surface area (Å²) in [5.41, 5.74) is 7.09. The Hall–Kier alpha value is -4.98.